The van der Waals surface area contributed by atoms with Gasteiger partial charge in [-0.05, 0) is 54.4 Å². The molecule has 3 aromatic rings. The summed E-state index contributed by atoms with van der Waals surface area (Å²) in [5, 5.41) is 14.9. The molecule has 0 atom stereocenters. The molecule has 0 fully saturated rings. The quantitative estimate of drug-likeness (QED) is 0.457. The molecule has 0 aliphatic heterocycles. The number of benzene rings is 2. The Labute approximate surface area is 187 Å². The molecular weight excluding hydrogens is 429 g/mol. The van der Waals surface area contributed by atoms with Crippen LogP contribution in [-0.4, -0.2) is 20.0 Å². The predicted octanol–water partition coefficient (Wildman–Crippen LogP) is 5.03. The Morgan fingerprint density at radius 2 is 1.69 bits per heavy atom. The fourth-order valence-corrected chi connectivity index (χ4v) is 3.77. The minimum absolute atomic E-state index is 0.0231. The number of nitrogens with two attached hydrogens (primary N) is 1. The van der Waals surface area contributed by atoms with Gasteiger partial charge in [0, 0.05) is 11.1 Å². The van der Waals surface area contributed by atoms with E-state index in [-0.39, 0.29) is 22.2 Å². The number of ether oxygens (including phenoxy) is 1. The van der Waals surface area contributed by atoms with Gasteiger partial charge in [0.1, 0.15) is 17.4 Å². The van der Waals surface area contributed by atoms with E-state index in [1.54, 1.807) is 30.3 Å². The average Bonchev–Trinajstić information content (AvgIpc) is 2.78. The first-order chi connectivity index (χ1) is 15.3. The first-order valence-corrected chi connectivity index (χ1v) is 11.8. The monoisotopic (exact) mass is 453 g/mol. The standard InChI is InChI=1S/C24H24FN3O3S/c1-2-3-4-5-14-31-24-19(16-26)15-22(17-8-12-21(13-9-17)32(27,29)30)23(28-24)18-6-10-20(25)11-7-18/h6-13,15H,2-5,14H2,1H3,(H2,27,29,30). The second-order valence-electron chi connectivity index (χ2n) is 7.33. The van der Waals surface area contributed by atoms with Crippen molar-refractivity contribution < 1.29 is 17.5 Å². The number of nitrogens with zero attached hydrogens (tertiary/aromatic N) is 2. The van der Waals surface area contributed by atoms with Gasteiger partial charge in [0.2, 0.25) is 15.9 Å². The number of hydrogen-bond donors (Lipinski definition) is 1. The van der Waals surface area contributed by atoms with Crippen molar-refractivity contribution in [1.29, 1.82) is 5.26 Å². The lowest BCUT2D eigenvalue weighted by atomic mass is 9.98. The van der Waals surface area contributed by atoms with Gasteiger partial charge in [-0.15, -0.1) is 0 Å². The maximum atomic E-state index is 13.5. The van der Waals surface area contributed by atoms with Crippen molar-refractivity contribution in [1.82, 2.24) is 4.98 Å². The largest absolute Gasteiger partial charge is 0.477 e. The lowest BCUT2D eigenvalue weighted by Crippen LogP contribution is -2.11. The van der Waals surface area contributed by atoms with Crippen LogP contribution >= 0.6 is 0 Å². The maximum Gasteiger partial charge on any atom is 0.238 e. The Hall–Kier alpha value is -3.28. The topological polar surface area (TPSA) is 106 Å². The first kappa shape index (κ1) is 23.4. The predicted molar refractivity (Wildman–Crippen MR) is 121 cm³/mol. The molecule has 2 aromatic carbocycles. The molecule has 32 heavy (non-hydrogen) atoms. The number of pyridine rings is 1. The van der Waals surface area contributed by atoms with Gasteiger partial charge in [-0.3, -0.25) is 0 Å². The summed E-state index contributed by atoms with van der Waals surface area (Å²) in [7, 11) is -3.84. The van der Waals surface area contributed by atoms with Crippen LogP contribution in [0.3, 0.4) is 0 Å². The van der Waals surface area contributed by atoms with E-state index in [2.05, 4.69) is 18.0 Å². The van der Waals surface area contributed by atoms with Crippen molar-refractivity contribution in [2.45, 2.75) is 37.5 Å². The summed E-state index contributed by atoms with van der Waals surface area (Å²) in [5.41, 5.74) is 2.62. The SMILES string of the molecule is CCCCCCOc1nc(-c2ccc(F)cc2)c(-c2ccc(S(N)(=O)=O)cc2)cc1C#N. The molecular formula is C24H24FN3O3S. The Bertz CT molecular complexity index is 1220. The lowest BCUT2D eigenvalue weighted by Gasteiger charge is -2.14. The molecule has 0 amide bonds. The molecule has 6 nitrogen and oxygen atoms in total. The second-order valence-corrected chi connectivity index (χ2v) is 8.90. The van der Waals surface area contributed by atoms with Crippen LogP contribution in [0.5, 0.6) is 5.88 Å². The lowest BCUT2D eigenvalue weighted by molar-refractivity contribution is 0.293. The molecule has 8 heteroatoms. The van der Waals surface area contributed by atoms with Gasteiger partial charge in [0.05, 0.1) is 17.2 Å². The fourth-order valence-electron chi connectivity index (χ4n) is 3.26. The number of sulfonamides is 1. The number of primary sulfonamides is 1. The highest BCUT2D eigenvalue weighted by Gasteiger charge is 2.17. The number of hydrogen-bond acceptors (Lipinski definition) is 5. The Balaban J connectivity index is 2.06. The third-order valence-corrected chi connectivity index (χ3v) is 5.89. The average molecular weight is 454 g/mol. The molecule has 0 aliphatic carbocycles. The molecule has 0 saturated carbocycles. The molecule has 0 spiro atoms. The van der Waals surface area contributed by atoms with E-state index >= 15 is 0 Å². The van der Waals surface area contributed by atoms with Crippen molar-refractivity contribution in [3.8, 4) is 34.3 Å². The number of halogens is 1. The zero-order chi connectivity index (χ0) is 23.1. The van der Waals surface area contributed by atoms with Gasteiger partial charge < -0.3 is 4.74 Å². The zero-order valence-electron chi connectivity index (χ0n) is 17.7. The van der Waals surface area contributed by atoms with Gasteiger partial charge in [-0.1, -0.05) is 38.3 Å². The third kappa shape index (κ3) is 5.69. The Morgan fingerprint density at radius 1 is 1.03 bits per heavy atom. The highest BCUT2D eigenvalue weighted by atomic mass is 32.2. The smallest absolute Gasteiger partial charge is 0.238 e. The second kappa shape index (κ2) is 10.4. The van der Waals surface area contributed by atoms with Crippen molar-refractivity contribution in [3.63, 3.8) is 0 Å². The number of nitriles is 1. The Kier molecular flexibility index (Phi) is 7.57. The summed E-state index contributed by atoms with van der Waals surface area (Å²) in [6.45, 7) is 2.56. The van der Waals surface area contributed by atoms with Gasteiger partial charge in [0.15, 0.2) is 0 Å². The summed E-state index contributed by atoms with van der Waals surface area (Å²) >= 11 is 0. The molecule has 166 valence electrons. The molecule has 3 rings (SSSR count). The maximum absolute atomic E-state index is 13.5. The van der Waals surface area contributed by atoms with Gasteiger partial charge in [-0.2, -0.15) is 5.26 Å². The summed E-state index contributed by atoms with van der Waals surface area (Å²) in [6, 6.07) is 15.6. The first-order valence-electron chi connectivity index (χ1n) is 10.3. The van der Waals surface area contributed by atoms with Crippen LogP contribution in [0.15, 0.2) is 59.5 Å². The highest BCUT2D eigenvalue weighted by Crippen LogP contribution is 2.35. The molecule has 1 aromatic heterocycles. The van der Waals surface area contributed by atoms with Crippen molar-refractivity contribution in [3.05, 3.63) is 66.0 Å². The summed E-state index contributed by atoms with van der Waals surface area (Å²) in [6.07, 6.45) is 4.09. The van der Waals surface area contributed by atoms with Crippen LogP contribution < -0.4 is 9.88 Å². The molecule has 1 heterocycles. The molecule has 0 unspecified atom stereocenters. The van der Waals surface area contributed by atoms with E-state index in [0.717, 1.165) is 25.7 Å². The van der Waals surface area contributed by atoms with Crippen LogP contribution in [0.4, 0.5) is 4.39 Å². The Morgan fingerprint density at radius 3 is 2.28 bits per heavy atom. The van der Waals surface area contributed by atoms with E-state index in [1.807, 2.05) is 0 Å². The van der Waals surface area contributed by atoms with Gasteiger partial charge >= 0.3 is 0 Å². The van der Waals surface area contributed by atoms with Crippen LogP contribution in [0, 0.1) is 17.1 Å². The van der Waals surface area contributed by atoms with E-state index in [0.29, 0.717) is 29.0 Å². The zero-order valence-corrected chi connectivity index (χ0v) is 18.5. The molecule has 0 saturated heterocycles. The molecule has 0 bridgehead atoms. The number of aromatic nitrogens is 1. The minimum atomic E-state index is -3.84. The van der Waals surface area contributed by atoms with Crippen LogP contribution in [0.25, 0.3) is 22.4 Å². The van der Waals surface area contributed by atoms with Crippen molar-refractivity contribution >= 4 is 10.0 Å². The highest BCUT2D eigenvalue weighted by molar-refractivity contribution is 7.89. The summed E-state index contributed by atoms with van der Waals surface area (Å²) in [4.78, 5) is 4.58. The summed E-state index contributed by atoms with van der Waals surface area (Å²) < 4.78 is 42.5. The molecule has 0 radical (unpaired) electrons. The van der Waals surface area contributed by atoms with Gasteiger partial charge in [0.25, 0.3) is 0 Å². The van der Waals surface area contributed by atoms with Gasteiger partial charge in [-0.25, -0.2) is 22.9 Å². The van der Waals surface area contributed by atoms with Crippen molar-refractivity contribution in [2.24, 2.45) is 5.14 Å². The van der Waals surface area contributed by atoms with Crippen LogP contribution in [-0.2, 0) is 10.0 Å². The van der Waals surface area contributed by atoms with E-state index in [9.17, 15) is 18.1 Å². The normalized spacial score (nSPS) is 11.2. The van der Waals surface area contributed by atoms with Crippen molar-refractivity contribution in [2.75, 3.05) is 6.61 Å². The van der Waals surface area contributed by atoms with Crippen LogP contribution in [0.2, 0.25) is 0 Å². The third-order valence-electron chi connectivity index (χ3n) is 4.96. The van der Waals surface area contributed by atoms with E-state index in [1.165, 1.54) is 24.3 Å². The molecule has 0 aliphatic rings. The number of unbranched alkanes of at least 4 members (excludes halogenated alkanes) is 3. The minimum Gasteiger partial charge on any atom is -0.477 e. The summed E-state index contributed by atoms with van der Waals surface area (Å²) in [5.74, 6) is -0.165. The van der Waals surface area contributed by atoms with E-state index < -0.39 is 10.0 Å². The fraction of sp³-hybridized carbons (Fsp3) is 0.250. The van der Waals surface area contributed by atoms with E-state index in [4.69, 9.17) is 9.88 Å². The van der Waals surface area contributed by atoms with Crippen LogP contribution in [0.1, 0.15) is 38.2 Å². The molecule has 2 N–H and O–H groups in total. The number of rotatable bonds is 9.